The van der Waals surface area contributed by atoms with Gasteiger partial charge in [-0.15, -0.1) is 0 Å². The molecule has 3 rings (SSSR count). The van der Waals surface area contributed by atoms with E-state index in [1.165, 1.54) is 17.4 Å². The zero-order valence-electron chi connectivity index (χ0n) is 14.4. The number of furan rings is 1. The van der Waals surface area contributed by atoms with Crippen molar-refractivity contribution in [2.75, 3.05) is 32.7 Å². The number of nitrogens with one attached hydrogen (secondary N) is 1. The van der Waals surface area contributed by atoms with Gasteiger partial charge in [0.05, 0.1) is 6.26 Å². The zero-order valence-corrected chi connectivity index (χ0v) is 14.4. The molecule has 0 unspecified atom stereocenters. The molecule has 6 nitrogen and oxygen atoms in total. The summed E-state index contributed by atoms with van der Waals surface area (Å²) in [7, 11) is 0. The molecule has 1 fully saturated rings. The van der Waals surface area contributed by atoms with Crippen LogP contribution in [-0.4, -0.2) is 54.5 Å². The van der Waals surface area contributed by atoms with Gasteiger partial charge in [0, 0.05) is 32.7 Å². The molecular formula is C19H23N3O3. The van der Waals surface area contributed by atoms with E-state index in [0.29, 0.717) is 38.5 Å². The highest BCUT2D eigenvalue weighted by molar-refractivity contribution is 5.91. The third-order valence-electron chi connectivity index (χ3n) is 4.36. The molecular weight excluding hydrogens is 318 g/mol. The Labute approximate surface area is 147 Å². The minimum absolute atomic E-state index is 0.0715. The van der Waals surface area contributed by atoms with Crippen LogP contribution in [0.4, 0.5) is 4.79 Å². The largest absolute Gasteiger partial charge is 0.459 e. The number of carbonyl (C=O) groups excluding carboxylic acids is 2. The molecule has 1 aliphatic heterocycles. The lowest BCUT2D eigenvalue weighted by molar-refractivity contribution is 0.0634. The lowest BCUT2D eigenvalue weighted by Gasteiger charge is -2.34. The molecule has 0 radical (unpaired) electrons. The highest BCUT2D eigenvalue weighted by Gasteiger charge is 2.25. The van der Waals surface area contributed by atoms with Crippen LogP contribution in [0, 0.1) is 6.92 Å². The molecule has 0 bridgehead atoms. The highest BCUT2D eigenvalue weighted by atomic mass is 16.3. The molecule has 0 atom stereocenters. The first-order valence-electron chi connectivity index (χ1n) is 8.54. The van der Waals surface area contributed by atoms with Crippen molar-refractivity contribution in [2.45, 2.75) is 13.3 Å². The first-order valence-corrected chi connectivity index (χ1v) is 8.54. The fraction of sp³-hybridized carbons (Fsp3) is 0.368. The first kappa shape index (κ1) is 17.1. The van der Waals surface area contributed by atoms with Gasteiger partial charge in [0.25, 0.3) is 5.91 Å². The van der Waals surface area contributed by atoms with Crippen molar-refractivity contribution < 1.29 is 14.0 Å². The van der Waals surface area contributed by atoms with Gasteiger partial charge in [0.15, 0.2) is 5.76 Å². The lowest BCUT2D eigenvalue weighted by Crippen LogP contribution is -2.53. The summed E-state index contributed by atoms with van der Waals surface area (Å²) < 4.78 is 5.14. The summed E-state index contributed by atoms with van der Waals surface area (Å²) in [6.45, 7) is 4.76. The smallest absolute Gasteiger partial charge is 0.317 e. The lowest BCUT2D eigenvalue weighted by atomic mass is 10.1. The van der Waals surface area contributed by atoms with E-state index in [0.717, 1.165) is 6.42 Å². The molecule has 1 aromatic heterocycles. The minimum Gasteiger partial charge on any atom is -0.459 e. The second kappa shape index (κ2) is 7.88. The molecule has 0 spiro atoms. The van der Waals surface area contributed by atoms with Gasteiger partial charge >= 0.3 is 6.03 Å². The summed E-state index contributed by atoms with van der Waals surface area (Å²) in [5, 5.41) is 2.96. The third-order valence-corrected chi connectivity index (χ3v) is 4.36. The van der Waals surface area contributed by atoms with Gasteiger partial charge < -0.3 is 19.5 Å². The van der Waals surface area contributed by atoms with Gasteiger partial charge in [-0.1, -0.05) is 29.8 Å². The summed E-state index contributed by atoms with van der Waals surface area (Å²) in [5.74, 6) is 0.223. The van der Waals surface area contributed by atoms with E-state index in [-0.39, 0.29) is 11.9 Å². The van der Waals surface area contributed by atoms with E-state index in [4.69, 9.17) is 4.42 Å². The molecule has 132 valence electrons. The summed E-state index contributed by atoms with van der Waals surface area (Å²) in [6, 6.07) is 11.6. The average molecular weight is 341 g/mol. The van der Waals surface area contributed by atoms with E-state index < -0.39 is 0 Å². The van der Waals surface area contributed by atoms with E-state index >= 15 is 0 Å². The normalized spacial score (nSPS) is 14.4. The molecule has 2 heterocycles. The predicted molar refractivity (Wildman–Crippen MR) is 94.5 cm³/mol. The summed E-state index contributed by atoms with van der Waals surface area (Å²) in [5.41, 5.74) is 2.44. The second-order valence-corrected chi connectivity index (χ2v) is 6.23. The van der Waals surface area contributed by atoms with E-state index in [9.17, 15) is 9.59 Å². The van der Waals surface area contributed by atoms with Gasteiger partial charge in [0.1, 0.15) is 0 Å². The SMILES string of the molecule is Cc1cccc(CCNC(=O)N2CCN(C(=O)c3ccco3)CC2)c1. The highest BCUT2D eigenvalue weighted by Crippen LogP contribution is 2.09. The van der Waals surface area contributed by atoms with Crippen molar-refractivity contribution in [1.29, 1.82) is 0 Å². The predicted octanol–water partition coefficient (Wildman–Crippen LogP) is 2.30. The van der Waals surface area contributed by atoms with Crippen LogP contribution in [0.1, 0.15) is 21.7 Å². The maximum Gasteiger partial charge on any atom is 0.317 e. The minimum atomic E-state index is -0.121. The first-order chi connectivity index (χ1) is 12.1. The average Bonchev–Trinajstić information content (AvgIpc) is 3.16. The molecule has 1 N–H and O–H groups in total. The van der Waals surface area contributed by atoms with E-state index in [1.54, 1.807) is 21.9 Å². The molecule has 0 aliphatic carbocycles. The van der Waals surface area contributed by atoms with Crippen LogP contribution in [0.5, 0.6) is 0 Å². The van der Waals surface area contributed by atoms with Crippen LogP contribution in [-0.2, 0) is 6.42 Å². The summed E-state index contributed by atoms with van der Waals surface area (Å²) in [4.78, 5) is 27.9. The van der Waals surface area contributed by atoms with Crippen LogP contribution >= 0.6 is 0 Å². The number of carbonyl (C=O) groups is 2. The van der Waals surface area contributed by atoms with Crippen molar-refractivity contribution in [3.63, 3.8) is 0 Å². The fourth-order valence-corrected chi connectivity index (χ4v) is 2.96. The van der Waals surface area contributed by atoms with E-state index in [2.05, 4.69) is 30.4 Å². The quantitative estimate of drug-likeness (QED) is 0.928. The maximum atomic E-state index is 12.3. The molecule has 1 saturated heterocycles. The van der Waals surface area contributed by atoms with Crippen molar-refractivity contribution in [3.05, 3.63) is 59.5 Å². The Morgan fingerprint density at radius 1 is 1.08 bits per heavy atom. The molecule has 25 heavy (non-hydrogen) atoms. The Morgan fingerprint density at radius 2 is 1.84 bits per heavy atom. The van der Waals surface area contributed by atoms with Crippen LogP contribution in [0.25, 0.3) is 0 Å². The topological polar surface area (TPSA) is 65.8 Å². The van der Waals surface area contributed by atoms with Crippen molar-refractivity contribution in [2.24, 2.45) is 0 Å². The number of hydrogen-bond donors (Lipinski definition) is 1. The number of rotatable bonds is 4. The van der Waals surface area contributed by atoms with Gasteiger partial charge in [0.2, 0.25) is 0 Å². The number of urea groups is 1. The number of benzene rings is 1. The number of nitrogens with zero attached hydrogens (tertiary/aromatic N) is 2. The van der Waals surface area contributed by atoms with Crippen LogP contribution in [0.15, 0.2) is 47.1 Å². The number of amides is 3. The van der Waals surface area contributed by atoms with E-state index in [1.807, 2.05) is 6.07 Å². The second-order valence-electron chi connectivity index (χ2n) is 6.23. The number of hydrogen-bond acceptors (Lipinski definition) is 3. The molecule has 1 aromatic carbocycles. The van der Waals surface area contributed by atoms with Crippen LogP contribution in [0.3, 0.4) is 0 Å². The zero-order chi connectivity index (χ0) is 17.6. The maximum absolute atomic E-state index is 12.3. The van der Waals surface area contributed by atoms with Crippen LogP contribution < -0.4 is 5.32 Å². The number of piperazine rings is 1. The molecule has 6 heteroatoms. The third kappa shape index (κ3) is 4.41. The molecule has 3 amide bonds. The van der Waals surface area contributed by atoms with Crippen LogP contribution in [0.2, 0.25) is 0 Å². The molecule has 2 aromatic rings. The van der Waals surface area contributed by atoms with Gasteiger partial charge in [-0.2, -0.15) is 0 Å². The van der Waals surface area contributed by atoms with Gasteiger partial charge in [-0.25, -0.2) is 4.79 Å². The number of aryl methyl sites for hydroxylation is 1. The Bertz CT molecular complexity index is 719. The van der Waals surface area contributed by atoms with Crippen molar-refractivity contribution in [1.82, 2.24) is 15.1 Å². The molecule has 1 aliphatic rings. The Kier molecular flexibility index (Phi) is 5.38. The Morgan fingerprint density at radius 3 is 2.52 bits per heavy atom. The summed E-state index contributed by atoms with van der Waals surface area (Å²) >= 11 is 0. The summed E-state index contributed by atoms with van der Waals surface area (Å²) in [6.07, 6.45) is 2.30. The van der Waals surface area contributed by atoms with Gasteiger partial charge in [-0.3, -0.25) is 4.79 Å². The Balaban J connectivity index is 1.41. The molecule has 0 saturated carbocycles. The monoisotopic (exact) mass is 341 g/mol. The van der Waals surface area contributed by atoms with Crippen molar-refractivity contribution >= 4 is 11.9 Å². The van der Waals surface area contributed by atoms with Gasteiger partial charge in [-0.05, 0) is 31.0 Å². The Hall–Kier alpha value is -2.76. The fourth-order valence-electron chi connectivity index (χ4n) is 2.96. The van der Waals surface area contributed by atoms with Crippen molar-refractivity contribution in [3.8, 4) is 0 Å². The standard InChI is InChI=1S/C19H23N3O3/c1-15-4-2-5-16(14-15)7-8-20-19(24)22-11-9-21(10-12-22)18(23)17-6-3-13-25-17/h2-6,13-14H,7-12H2,1H3,(H,20,24).